The van der Waals surface area contributed by atoms with Gasteiger partial charge in [0.05, 0.1) is 6.61 Å². The molecule has 0 saturated carbocycles. The van der Waals surface area contributed by atoms with Gasteiger partial charge in [-0.1, -0.05) is 107 Å². The third-order valence-electron chi connectivity index (χ3n) is 4.11. The molecule has 0 atom stereocenters. The first kappa shape index (κ1) is 23.3. The monoisotopic (exact) mass is 470 g/mol. The summed E-state index contributed by atoms with van der Waals surface area (Å²) in [5.74, 6) is -0.0801. The molecule has 0 N–H and O–H groups in total. The summed E-state index contributed by atoms with van der Waals surface area (Å²) in [7, 11) is -0.446. The number of benzene rings is 3. The number of carbonyl (C=O) groups is 1. The standard InChI is InChI=1S/C18H15P.C7H13BrO2/c1-4-10-16(11-5-1)19(17-12-6-2-7-13-17)18-14-8-3-9-15-18;1-2-10-7(9)5-3-4-6-8/h1-15H;2-6H2,1H3. The highest BCUT2D eigenvalue weighted by Gasteiger charge is 2.14. The van der Waals surface area contributed by atoms with E-state index in [0.29, 0.717) is 13.0 Å². The smallest absolute Gasteiger partial charge is 0.305 e. The number of halogens is 1. The number of rotatable bonds is 8. The SMILES string of the molecule is CCOC(=O)CCCCBr.c1ccc(P(c2ccccc2)c2ccccc2)cc1. The summed E-state index contributed by atoms with van der Waals surface area (Å²) in [6, 6.07) is 32.3. The van der Waals surface area contributed by atoms with Crippen LogP contribution in [0.3, 0.4) is 0 Å². The largest absolute Gasteiger partial charge is 0.466 e. The molecule has 0 unspecified atom stereocenters. The summed E-state index contributed by atoms with van der Waals surface area (Å²) < 4.78 is 4.73. The molecule has 0 bridgehead atoms. The van der Waals surface area contributed by atoms with E-state index in [1.807, 2.05) is 6.92 Å². The van der Waals surface area contributed by atoms with Crippen LogP contribution in [0.25, 0.3) is 0 Å². The molecule has 3 aromatic carbocycles. The molecule has 0 fully saturated rings. The number of carbonyl (C=O) groups excluding carboxylic acids is 1. The van der Waals surface area contributed by atoms with E-state index >= 15 is 0 Å². The van der Waals surface area contributed by atoms with Crippen LogP contribution >= 0.6 is 23.9 Å². The molecule has 0 aromatic heterocycles. The molecular weight excluding hydrogens is 443 g/mol. The Morgan fingerprint density at radius 2 is 1.17 bits per heavy atom. The fourth-order valence-electron chi connectivity index (χ4n) is 2.78. The predicted molar refractivity (Wildman–Crippen MR) is 129 cm³/mol. The van der Waals surface area contributed by atoms with Crippen LogP contribution in [0.15, 0.2) is 91.0 Å². The van der Waals surface area contributed by atoms with Gasteiger partial charge in [0.25, 0.3) is 0 Å². The second-order valence-corrected chi connectivity index (χ2v) is 9.31. The quantitative estimate of drug-likeness (QED) is 0.186. The Bertz CT molecular complexity index is 716. The second kappa shape index (κ2) is 14.1. The average Bonchev–Trinajstić information content (AvgIpc) is 2.77. The molecule has 4 heteroatoms. The van der Waals surface area contributed by atoms with Gasteiger partial charge >= 0.3 is 5.97 Å². The number of unbranched alkanes of at least 4 members (excludes halogenated alkanes) is 1. The molecule has 2 nitrogen and oxygen atoms in total. The normalized spacial score (nSPS) is 10.2. The molecule has 0 aliphatic rings. The van der Waals surface area contributed by atoms with E-state index < -0.39 is 7.92 Å². The molecular formula is C25H28BrO2P. The molecule has 0 saturated heterocycles. The molecule has 29 heavy (non-hydrogen) atoms. The van der Waals surface area contributed by atoms with Crippen molar-refractivity contribution >= 4 is 45.7 Å². The van der Waals surface area contributed by atoms with Crippen LogP contribution in [-0.4, -0.2) is 17.9 Å². The van der Waals surface area contributed by atoms with Crippen molar-refractivity contribution in [2.45, 2.75) is 26.2 Å². The summed E-state index contributed by atoms with van der Waals surface area (Å²) in [6.07, 6.45) is 2.52. The molecule has 0 radical (unpaired) electrons. The molecule has 3 aromatic rings. The van der Waals surface area contributed by atoms with Crippen LogP contribution in [0.4, 0.5) is 0 Å². The Hall–Kier alpha value is -1.96. The number of esters is 1. The van der Waals surface area contributed by atoms with Crippen molar-refractivity contribution < 1.29 is 9.53 Å². The van der Waals surface area contributed by atoms with E-state index in [2.05, 4.69) is 107 Å². The number of hydrogen-bond donors (Lipinski definition) is 0. The topological polar surface area (TPSA) is 26.3 Å². The van der Waals surface area contributed by atoms with Crippen molar-refractivity contribution in [1.29, 1.82) is 0 Å². The van der Waals surface area contributed by atoms with Crippen molar-refractivity contribution in [1.82, 2.24) is 0 Å². The van der Waals surface area contributed by atoms with Gasteiger partial charge in [0.2, 0.25) is 0 Å². The Kier molecular flexibility index (Phi) is 11.3. The Morgan fingerprint density at radius 3 is 1.52 bits per heavy atom. The second-order valence-electron chi connectivity index (χ2n) is 6.29. The van der Waals surface area contributed by atoms with Gasteiger partial charge in [0, 0.05) is 11.8 Å². The summed E-state index contributed by atoms with van der Waals surface area (Å²) in [5, 5.41) is 5.16. The van der Waals surface area contributed by atoms with Crippen molar-refractivity contribution in [3.63, 3.8) is 0 Å². The number of hydrogen-bond acceptors (Lipinski definition) is 2. The first-order chi connectivity index (χ1) is 14.3. The fourth-order valence-corrected chi connectivity index (χ4v) is 5.48. The van der Waals surface area contributed by atoms with Crippen LogP contribution in [0.1, 0.15) is 26.2 Å². The maximum absolute atomic E-state index is 10.7. The van der Waals surface area contributed by atoms with E-state index in [-0.39, 0.29) is 5.97 Å². The lowest BCUT2D eigenvalue weighted by molar-refractivity contribution is -0.143. The molecule has 0 aliphatic carbocycles. The van der Waals surface area contributed by atoms with Gasteiger partial charge < -0.3 is 4.74 Å². The van der Waals surface area contributed by atoms with Crippen LogP contribution in [-0.2, 0) is 9.53 Å². The highest BCUT2D eigenvalue weighted by atomic mass is 79.9. The van der Waals surface area contributed by atoms with E-state index in [0.717, 1.165) is 18.2 Å². The molecule has 0 aliphatic heterocycles. The zero-order valence-electron chi connectivity index (χ0n) is 16.8. The lowest BCUT2D eigenvalue weighted by Crippen LogP contribution is -2.20. The van der Waals surface area contributed by atoms with Gasteiger partial charge in [-0.15, -0.1) is 0 Å². The van der Waals surface area contributed by atoms with Gasteiger partial charge in [-0.3, -0.25) is 4.79 Å². The van der Waals surface area contributed by atoms with E-state index in [9.17, 15) is 4.79 Å². The highest BCUT2D eigenvalue weighted by Crippen LogP contribution is 2.32. The summed E-state index contributed by atoms with van der Waals surface area (Å²) in [6.45, 7) is 2.32. The first-order valence-corrected chi connectivity index (χ1v) is 12.4. The molecule has 152 valence electrons. The van der Waals surface area contributed by atoms with E-state index in [1.54, 1.807) is 0 Å². The highest BCUT2D eigenvalue weighted by molar-refractivity contribution is 9.09. The third-order valence-corrected chi connectivity index (χ3v) is 7.12. The van der Waals surface area contributed by atoms with Crippen LogP contribution in [0, 0.1) is 0 Å². The maximum atomic E-state index is 10.7. The Labute approximate surface area is 184 Å². The van der Waals surface area contributed by atoms with Crippen LogP contribution in [0.5, 0.6) is 0 Å². The van der Waals surface area contributed by atoms with Crippen LogP contribution < -0.4 is 15.9 Å². The van der Waals surface area contributed by atoms with Gasteiger partial charge in [-0.2, -0.15) is 0 Å². The maximum Gasteiger partial charge on any atom is 0.305 e. The lowest BCUT2D eigenvalue weighted by Gasteiger charge is -2.18. The van der Waals surface area contributed by atoms with Gasteiger partial charge in [0.15, 0.2) is 0 Å². The zero-order chi connectivity index (χ0) is 20.7. The molecule has 3 rings (SSSR count). The van der Waals surface area contributed by atoms with Crippen molar-refractivity contribution in [3.05, 3.63) is 91.0 Å². The zero-order valence-corrected chi connectivity index (χ0v) is 19.3. The minimum Gasteiger partial charge on any atom is -0.466 e. The Morgan fingerprint density at radius 1 is 0.759 bits per heavy atom. The third kappa shape index (κ3) is 8.51. The summed E-state index contributed by atoms with van der Waals surface area (Å²) in [5.41, 5.74) is 0. The van der Waals surface area contributed by atoms with E-state index in [4.69, 9.17) is 4.74 Å². The summed E-state index contributed by atoms with van der Waals surface area (Å²) >= 11 is 3.29. The minimum atomic E-state index is -0.446. The van der Waals surface area contributed by atoms with Crippen molar-refractivity contribution in [3.8, 4) is 0 Å². The minimum absolute atomic E-state index is 0.0801. The van der Waals surface area contributed by atoms with Crippen molar-refractivity contribution in [2.24, 2.45) is 0 Å². The fraction of sp³-hybridized carbons (Fsp3) is 0.240. The number of alkyl halides is 1. The van der Waals surface area contributed by atoms with Gasteiger partial charge in [-0.05, 0) is 43.6 Å². The first-order valence-electron chi connectivity index (χ1n) is 9.93. The number of ether oxygens (including phenoxy) is 1. The molecule has 0 amide bonds. The van der Waals surface area contributed by atoms with Gasteiger partial charge in [-0.25, -0.2) is 0 Å². The average molecular weight is 471 g/mol. The van der Waals surface area contributed by atoms with Gasteiger partial charge in [0.1, 0.15) is 0 Å². The van der Waals surface area contributed by atoms with E-state index in [1.165, 1.54) is 15.9 Å². The van der Waals surface area contributed by atoms with Crippen molar-refractivity contribution in [2.75, 3.05) is 11.9 Å². The van der Waals surface area contributed by atoms with Crippen LogP contribution in [0.2, 0.25) is 0 Å². The summed E-state index contributed by atoms with van der Waals surface area (Å²) in [4.78, 5) is 10.7. The predicted octanol–water partition coefficient (Wildman–Crippen LogP) is 5.56. The molecule has 0 heterocycles. The Balaban J connectivity index is 0.000000257. The lowest BCUT2D eigenvalue weighted by atomic mass is 10.2. The molecule has 0 spiro atoms.